The van der Waals surface area contributed by atoms with E-state index in [9.17, 15) is 9.90 Å². The van der Waals surface area contributed by atoms with Gasteiger partial charge in [0.15, 0.2) is 5.78 Å². The quantitative estimate of drug-likeness (QED) is 0.455. The summed E-state index contributed by atoms with van der Waals surface area (Å²) in [5.74, 6) is 0.673. The SMILES string of the molecule is CCCCCCCC(=O)c1ccc(OCCCC)cc1O. The first-order valence-electron chi connectivity index (χ1n) is 8.18. The van der Waals surface area contributed by atoms with Crippen molar-refractivity contribution in [3.8, 4) is 11.5 Å². The Labute approximate surface area is 128 Å². The molecule has 0 unspecified atom stereocenters. The lowest BCUT2D eigenvalue weighted by molar-refractivity contribution is 0.0976. The van der Waals surface area contributed by atoms with E-state index in [-0.39, 0.29) is 11.5 Å². The average Bonchev–Trinajstić information content (AvgIpc) is 2.47. The minimum Gasteiger partial charge on any atom is -0.507 e. The largest absolute Gasteiger partial charge is 0.507 e. The Balaban J connectivity index is 2.45. The first kappa shape index (κ1) is 17.5. The van der Waals surface area contributed by atoms with Crippen molar-refractivity contribution in [1.29, 1.82) is 0 Å². The first-order chi connectivity index (χ1) is 10.2. The molecule has 0 aromatic heterocycles. The Morgan fingerprint density at radius 2 is 1.76 bits per heavy atom. The third-order valence-corrected chi connectivity index (χ3v) is 3.54. The summed E-state index contributed by atoms with van der Waals surface area (Å²) in [6.45, 7) is 4.91. The van der Waals surface area contributed by atoms with Crippen molar-refractivity contribution < 1.29 is 14.6 Å². The number of benzene rings is 1. The van der Waals surface area contributed by atoms with E-state index in [1.807, 2.05) is 0 Å². The topological polar surface area (TPSA) is 46.5 Å². The molecule has 0 fully saturated rings. The molecule has 1 rings (SSSR count). The first-order valence-corrected chi connectivity index (χ1v) is 8.18. The van der Waals surface area contributed by atoms with Gasteiger partial charge in [-0.15, -0.1) is 0 Å². The third kappa shape index (κ3) is 6.65. The summed E-state index contributed by atoms with van der Waals surface area (Å²) in [6.07, 6.45) is 8.15. The minimum absolute atomic E-state index is 0.0177. The van der Waals surface area contributed by atoms with Gasteiger partial charge in [0.1, 0.15) is 11.5 Å². The Hall–Kier alpha value is -1.51. The van der Waals surface area contributed by atoms with E-state index in [4.69, 9.17) is 4.74 Å². The van der Waals surface area contributed by atoms with Gasteiger partial charge in [-0.25, -0.2) is 0 Å². The second-order valence-electron chi connectivity index (χ2n) is 5.47. The number of phenols is 1. The van der Waals surface area contributed by atoms with Crippen molar-refractivity contribution in [3.05, 3.63) is 23.8 Å². The van der Waals surface area contributed by atoms with E-state index in [0.717, 1.165) is 25.7 Å². The van der Waals surface area contributed by atoms with Gasteiger partial charge in [0.05, 0.1) is 12.2 Å². The molecular formula is C18H28O3. The van der Waals surface area contributed by atoms with Crippen molar-refractivity contribution in [2.75, 3.05) is 6.61 Å². The zero-order valence-corrected chi connectivity index (χ0v) is 13.4. The van der Waals surface area contributed by atoms with Crippen LogP contribution in [0.2, 0.25) is 0 Å². The van der Waals surface area contributed by atoms with Gasteiger partial charge >= 0.3 is 0 Å². The molecule has 0 spiro atoms. The molecule has 0 radical (unpaired) electrons. The normalized spacial score (nSPS) is 10.6. The molecular weight excluding hydrogens is 264 g/mol. The molecule has 1 N–H and O–H groups in total. The van der Waals surface area contributed by atoms with E-state index < -0.39 is 0 Å². The number of rotatable bonds is 11. The number of ketones is 1. The maximum atomic E-state index is 12.1. The highest BCUT2D eigenvalue weighted by Gasteiger charge is 2.11. The molecule has 1 aromatic rings. The molecule has 0 heterocycles. The second kappa shape index (κ2) is 10.3. The molecule has 21 heavy (non-hydrogen) atoms. The number of hydrogen-bond acceptors (Lipinski definition) is 3. The van der Waals surface area contributed by atoms with Crippen molar-refractivity contribution in [1.82, 2.24) is 0 Å². The summed E-state index contributed by atoms with van der Waals surface area (Å²) in [4.78, 5) is 12.1. The van der Waals surface area contributed by atoms with Gasteiger partial charge in [0, 0.05) is 12.5 Å². The van der Waals surface area contributed by atoms with E-state index in [2.05, 4.69) is 13.8 Å². The summed E-state index contributed by atoms with van der Waals surface area (Å²) in [7, 11) is 0. The number of carbonyl (C=O) groups is 1. The summed E-state index contributed by atoms with van der Waals surface area (Å²) >= 11 is 0. The molecule has 0 amide bonds. The molecule has 118 valence electrons. The van der Waals surface area contributed by atoms with Crippen LogP contribution in [0.4, 0.5) is 0 Å². The van der Waals surface area contributed by atoms with Crippen LogP contribution in [-0.4, -0.2) is 17.5 Å². The Morgan fingerprint density at radius 1 is 1.05 bits per heavy atom. The zero-order valence-electron chi connectivity index (χ0n) is 13.4. The van der Waals surface area contributed by atoms with Gasteiger partial charge in [-0.1, -0.05) is 46.0 Å². The average molecular weight is 292 g/mol. The van der Waals surface area contributed by atoms with E-state index >= 15 is 0 Å². The second-order valence-corrected chi connectivity index (χ2v) is 5.47. The fourth-order valence-corrected chi connectivity index (χ4v) is 2.20. The summed E-state index contributed by atoms with van der Waals surface area (Å²) < 4.78 is 5.52. The lowest BCUT2D eigenvalue weighted by atomic mass is 10.0. The van der Waals surface area contributed by atoms with Gasteiger partial charge < -0.3 is 9.84 Å². The maximum Gasteiger partial charge on any atom is 0.166 e. The predicted molar refractivity (Wildman–Crippen MR) is 86.2 cm³/mol. The number of carbonyl (C=O) groups excluding carboxylic acids is 1. The van der Waals surface area contributed by atoms with Crippen LogP contribution in [0.5, 0.6) is 11.5 Å². The van der Waals surface area contributed by atoms with Crippen LogP contribution in [-0.2, 0) is 0 Å². The van der Waals surface area contributed by atoms with E-state index in [1.54, 1.807) is 18.2 Å². The number of aromatic hydroxyl groups is 1. The van der Waals surface area contributed by atoms with Crippen LogP contribution in [0.1, 0.15) is 75.6 Å². The summed E-state index contributed by atoms with van der Waals surface area (Å²) in [6, 6.07) is 4.98. The fraction of sp³-hybridized carbons (Fsp3) is 0.611. The molecule has 0 aliphatic heterocycles. The Kier molecular flexibility index (Phi) is 8.56. The molecule has 0 bridgehead atoms. The number of unbranched alkanes of at least 4 members (excludes halogenated alkanes) is 5. The van der Waals surface area contributed by atoms with Crippen LogP contribution in [0.3, 0.4) is 0 Å². The predicted octanol–water partition coefficient (Wildman–Crippen LogP) is 5.11. The number of hydrogen-bond donors (Lipinski definition) is 1. The highest BCUT2D eigenvalue weighted by Crippen LogP contribution is 2.25. The standard InChI is InChI=1S/C18H28O3/c1-3-5-7-8-9-10-17(19)16-12-11-15(14-18(16)20)21-13-6-4-2/h11-12,14,20H,3-10,13H2,1-2H3. The number of ether oxygens (including phenoxy) is 1. The van der Waals surface area contributed by atoms with Gasteiger partial charge in [-0.2, -0.15) is 0 Å². The van der Waals surface area contributed by atoms with Gasteiger partial charge in [-0.3, -0.25) is 4.79 Å². The van der Waals surface area contributed by atoms with Crippen molar-refractivity contribution in [2.45, 2.75) is 65.2 Å². The number of Topliss-reactive ketones (excluding diaryl/α,β-unsaturated/α-hetero) is 1. The zero-order chi connectivity index (χ0) is 15.5. The molecule has 0 atom stereocenters. The monoisotopic (exact) mass is 292 g/mol. The molecule has 0 saturated heterocycles. The summed E-state index contributed by atoms with van der Waals surface area (Å²) in [5, 5.41) is 9.96. The van der Waals surface area contributed by atoms with Crippen LogP contribution in [0.15, 0.2) is 18.2 Å². The molecule has 0 aliphatic carbocycles. The minimum atomic E-state index is 0.0177. The third-order valence-electron chi connectivity index (χ3n) is 3.54. The van der Waals surface area contributed by atoms with E-state index in [0.29, 0.717) is 24.3 Å². The molecule has 3 heteroatoms. The van der Waals surface area contributed by atoms with Crippen LogP contribution >= 0.6 is 0 Å². The molecule has 0 saturated carbocycles. The smallest absolute Gasteiger partial charge is 0.166 e. The molecule has 1 aromatic carbocycles. The van der Waals surface area contributed by atoms with Gasteiger partial charge in [0.2, 0.25) is 0 Å². The summed E-state index contributed by atoms with van der Waals surface area (Å²) in [5.41, 5.74) is 0.410. The highest BCUT2D eigenvalue weighted by atomic mass is 16.5. The molecule has 3 nitrogen and oxygen atoms in total. The number of phenolic OH excluding ortho intramolecular Hbond substituents is 1. The lowest BCUT2D eigenvalue weighted by Gasteiger charge is -2.08. The van der Waals surface area contributed by atoms with Crippen molar-refractivity contribution in [2.24, 2.45) is 0 Å². The fourth-order valence-electron chi connectivity index (χ4n) is 2.20. The van der Waals surface area contributed by atoms with Crippen LogP contribution in [0, 0.1) is 0 Å². The Bertz CT molecular complexity index is 426. The maximum absolute atomic E-state index is 12.1. The van der Waals surface area contributed by atoms with Crippen molar-refractivity contribution >= 4 is 5.78 Å². The Morgan fingerprint density at radius 3 is 2.43 bits per heavy atom. The lowest BCUT2D eigenvalue weighted by Crippen LogP contribution is -2.01. The highest BCUT2D eigenvalue weighted by molar-refractivity contribution is 5.98. The molecule has 0 aliphatic rings. The van der Waals surface area contributed by atoms with Crippen LogP contribution < -0.4 is 4.74 Å². The van der Waals surface area contributed by atoms with E-state index in [1.165, 1.54) is 19.3 Å². The van der Waals surface area contributed by atoms with Crippen LogP contribution in [0.25, 0.3) is 0 Å². The van der Waals surface area contributed by atoms with Gasteiger partial charge in [-0.05, 0) is 25.0 Å². The van der Waals surface area contributed by atoms with Crippen molar-refractivity contribution in [3.63, 3.8) is 0 Å². The van der Waals surface area contributed by atoms with Gasteiger partial charge in [0.25, 0.3) is 0 Å².